The van der Waals surface area contributed by atoms with Gasteiger partial charge in [0.15, 0.2) is 0 Å². The third-order valence-corrected chi connectivity index (χ3v) is 3.67. The second-order valence-corrected chi connectivity index (χ2v) is 4.99. The number of aliphatic hydroxyl groups excluding tert-OH is 1. The lowest BCUT2D eigenvalue weighted by atomic mass is 10.3. The molecule has 0 saturated carbocycles. The third-order valence-electron chi connectivity index (χ3n) is 2.55. The summed E-state index contributed by atoms with van der Waals surface area (Å²) >= 11 is 1.34. The van der Waals surface area contributed by atoms with Gasteiger partial charge < -0.3 is 14.7 Å². The van der Waals surface area contributed by atoms with Gasteiger partial charge in [0.2, 0.25) is 0 Å². The number of methoxy groups -OCH3 is 1. The van der Waals surface area contributed by atoms with E-state index in [0.717, 1.165) is 5.01 Å². The van der Waals surface area contributed by atoms with Crippen molar-refractivity contribution in [3.63, 3.8) is 0 Å². The minimum atomic E-state index is -0.199. The van der Waals surface area contributed by atoms with Crippen LogP contribution in [0.1, 0.15) is 27.3 Å². The molecule has 0 bridgehead atoms. The fourth-order valence-corrected chi connectivity index (χ4v) is 2.34. The SMILES string of the molecule is COCc1nc(C)c(C(=O)N(C)C(C)CO)s1. The Morgan fingerprint density at radius 2 is 2.29 bits per heavy atom. The molecule has 1 heterocycles. The van der Waals surface area contributed by atoms with Crippen LogP contribution in [0.25, 0.3) is 0 Å². The van der Waals surface area contributed by atoms with Crippen LogP contribution in [-0.4, -0.2) is 47.7 Å². The number of aliphatic hydroxyl groups is 1. The average molecular weight is 258 g/mol. The molecule has 1 rings (SSSR count). The number of hydrogen-bond donors (Lipinski definition) is 1. The maximum Gasteiger partial charge on any atom is 0.265 e. The summed E-state index contributed by atoms with van der Waals surface area (Å²) in [6, 6.07) is -0.199. The molecular weight excluding hydrogens is 240 g/mol. The van der Waals surface area contributed by atoms with E-state index in [0.29, 0.717) is 17.2 Å². The summed E-state index contributed by atoms with van der Waals surface area (Å²) in [5, 5.41) is 9.82. The van der Waals surface area contributed by atoms with Gasteiger partial charge in [-0.05, 0) is 13.8 Å². The molecule has 0 fully saturated rings. The van der Waals surface area contributed by atoms with E-state index in [4.69, 9.17) is 9.84 Å². The Bertz CT molecular complexity index is 392. The number of nitrogens with zero attached hydrogens (tertiary/aromatic N) is 2. The number of ether oxygens (including phenoxy) is 1. The van der Waals surface area contributed by atoms with Crippen molar-refractivity contribution in [3.8, 4) is 0 Å². The number of likely N-dealkylation sites (N-methyl/N-ethyl adjacent to an activating group) is 1. The number of aromatic nitrogens is 1. The van der Waals surface area contributed by atoms with Crippen LogP contribution in [-0.2, 0) is 11.3 Å². The first kappa shape index (κ1) is 14.1. The second-order valence-electron chi connectivity index (χ2n) is 3.90. The van der Waals surface area contributed by atoms with Gasteiger partial charge in [-0.25, -0.2) is 4.98 Å². The Morgan fingerprint density at radius 3 is 2.82 bits per heavy atom. The van der Waals surface area contributed by atoms with Crippen LogP contribution in [0.15, 0.2) is 0 Å². The largest absolute Gasteiger partial charge is 0.394 e. The average Bonchev–Trinajstić information content (AvgIpc) is 2.68. The molecule has 0 aliphatic rings. The summed E-state index contributed by atoms with van der Waals surface area (Å²) in [4.78, 5) is 18.5. The highest BCUT2D eigenvalue weighted by molar-refractivity contribution is 7.13. The number of carbonyl (C=O) groups excluding carboxylic acids is 1. The van der Waals surface area contributed by atoms with E-state index in [2.05, 4.69) is 4.98 Å². The molecule has 1 atom stereocenters. The number of aryl methyl sites for hydroxylation is 1. The minimum absolute atomic E-state index is 0.0506. The van der Waals surface area contributed by atoms with Gasteiger partial charge in [0.25, 0.3) is 5.91 Å². The van der Waals surface area contributed by atoms with Crippen molar-refractivity contribution in [1.29, 1.82) is 0 Å². The molecule has 0 radical (unpaired) electrons. The Balaban J connectivity index is 2.88. The predicted molar refractivity (Wildman–Crippen MR) is 66.2 cm³/mol. The van der Waals surface area contributed by atoms with Crippen LogP contribution >= 0.6 is 11.3 Å². The monoisotopic (exact) mass is 258 g/mol. The molecule has 1 aromatic heterocycles. The van der Waals surface area contributed by atoms with E-state index in [9.17, 15) is 4.79 Å². The molecule has 96 valence electrons. The van der Waals surface area contributed by atoms with E-state index in [1.54, 1.807) is 28.0 Å². The Labute approximate surface area is 105 Å². The van der Waals surface area contributed by atoms with Crippen LogP contribution in [0.4, 0.5) is 0 Å². The standard InChI is InChI=1S/C11H18N2O3S/c1-7(5-14)13(3)11(15)10-8(2)12-9(17-10)6-16-4/h7,14H,5-6H2,1-4H3. The minimum Gasteiger partial charge on any atom is -0.394 e. The van der Waals surface area contributed by atoms with Gasteiger partial charge in [0.1, 0.15) is 9.88 Å². The Kier molecular flexibility index (Phi) is 5.04. The molecule has 1 aromatic rings. The zero-order valence-corrected chi connectivity index (χ0v) is 11.4. The highest BCUT2D eigenvalue weighted by Gasteiger charge is 2.21. The summed E-state index contributed by atoms with van der Waals surface area (Å²) in [7, 11) is 3.27. The number of hydrogen-bond acceptors (Lipinski definition) is 5. The maximum absolute atomic E-state index is 12.1. The summed E-state index contributed by atoms with van der Waals surface area (Å²) in [5.41, 5.74) is 0.712. The lowest BCUT2D eigenvalue weighted by molar-refractivity contribution is 0.0686. The van der Waals surface area contributed by atoms with Crippen molar-refractivity contribution in [2.75, 3.05) is 20.8 Å². The van der Waals surface area contributed by atoms with Crippen molar-refractivity contribution >= 4 is 17.2 Å². The molecule has 0 aromatic carbocycles. The van der Waals surface area contributed by atoms with Gasteiger partial charge in [-0.2, -0.15) is 0 Å². The molecule has 17 heavy (non-hydrogen) atoms. The summed E-state index contributed by atoms with van der Waals surface area (Å²) in [6.45, 7) is 3.97. The van der Waals surface area contributed by atoms with E-state index in [-0.39, 0.29) is 18.6 Å². The lowest BCUT2D eigenvalue weighted by Crippen LogP contribution is -2.37. The number of carbonyl (C=O) groups is 1. The number of amides is 1. The van der Waals surface area contributed by atoms with Crippen molar-refractivity contribution in [1.82, 2.24) is 9.88 Å². The van der Waals surface area contributed by atoms with Crippen molar-refractivity contribution < 1.29 is 14.6 Å². The maximum atomic E-state index is 12.1. The normalized spacial score (nSPS) is 12.5. The van der Waals surface area contributed by atoms with Crippen LogP contribution in [0.2, 0.25) is 0 Å². The molecule has 0 aliphatic heterocycles. The Hall–Kier alpha value is -0.980. The molecule has 1 unspecified atom stereocenters. The molecule has 0 spiro atoms. The smallest absolute Gasteiger partial charge is 0.265 e. The predicted octanol–water partition coefficient (Wildman–Crippen LogP) is 1.05. The van der Waals surface area contributed by atoms with E-state index < -0.39 is 0 Å². The highest BCUT2D eigenvalue weighted by atomic mass is 32.1. The third kappa shape index (κ3) is 3.24. The van der Waals surface area contributed by atoms with Crippen molar-refractivity contribution in [2.24, 2.45) is 0 Å². The zero-order valence-electron chi connectivity index (χ0n) is 10.6. The quantitative estimate of drug-likeness (QED) is 0.857. The molecule has 0 saturated heterocycles. The molecular formula is C11H18N2O3S. The summed E-state index contributed by atoms with van der Waals surface area (Å²) < 4.78 is 4.99. The molecule has 5 nitrogen and oxygen atoms in total. The lowest BCUT2D eigenvalue weighted by Gasteiger charge is -2.22. The van der Waals surface area contributed by atoms with E-state index >= 15 is 0 Å². The van der Waals surface area contributed by atoms with Gasteiger partial charge in [-0.3, -0.25) is 4.79 Å². The van der Waals surface area contributed by atoms with Crippen LogP contribution in [0, 0.1) is 6.92 Å². The first-order chi connectivity index (χ1) is 8.01. The first-order valence-electron chi connectivity index (χ1n) is 5.34. The van der Waals surface area contributed by atoms with Crippen LogP contribution < -0.4 is 0 Å². The second kappa shape index (κ2) is 6.09. The molecule has 1 amide bonds. The van der Waals surface area contributed by atoms with Gasteiger partial charge in [0.05, 0.1) is 24.9 Å². The summed E-state index contributed by atoms with van der Waals surface area (Å²) in [6.07, 6.45) is 0. The van der Waals surface area contributed by atoms with Gasteiger partial charge in [-0.1, -0.05) is 0 Å². The molecule has 0 aliphatic carbocycles. The fraction of sp³-hybridized carbons (Fsp3) is 0.636. The zero-order chi connectivity index (χ0) is 13.0. The molecule has 6 heteroatoms. The van der Waals surface area contributed by atoms with Gasteiger partial charge in [0, 0.05) is 14.2 Å². The van der Waals surface area contributed by atoms with Gasteiger partial charge >= 0.3 is 0 Å². The summed E-state index contributed by atoms with van der Waals surface area (Å²) in [5.74, 6) is -0.107. The van der Waals surface area contributed by atoms with Gasteiger partial charge in [-0.15, -0.1) is 11.3 Å². The topological polar surface area (TPSA) is 62.7 Å². The van der Waals surface area contributed by atoms with Crippen LogP contribution in [0.3, 0.4) is 0 Å². The Morgan fingerprint density at radius 1 is 1.65 bits per heavy atom. The van der Waals surface area contributed by atoms with Crippen molar-refractivity contribution in [2.45, 2.75) is 26.5 Å². The van der Waals surface area contributed by atoms with E-state index in [1.165, 1.54) is 16.2 Å². The fourth-order valence-electron chi connectivity index (χ4n) is 1.32. The number of rotatable bonds is 5. The number of thiazole rings is 1. The van der Waals surface area contributed by atoms with E-state index in [1.807, 2.05) is 0 Å². The van der Waals surface area contributed by atoms with Crippen molar-refractivity contribution in [3.05, 3.63) is 15.6 Å². The first-order valence-corrected chi connectivity index (χ1v) is 6.16. The van der Waals surface area contributed by atoms with Crippen LogP contribution in [0.5, 0.6) is 0 Å². The molecule has 1 N–H and O–H groups in total. The highest BCUT2D eigenvalue weighted by Crippen LogP contribution is 2.20.